The van der Waals surface area contributed by atoms with Crippen molar-refractivity contribution in [2.45, 2.75) is 32.6 Å². The molecule has 0 radical (unpaired) electrons. The van der Waals surface area contributed by atoms with Crippen LogP contribution in [0.3, 0.4) is 0 Å². The number of fused-ring (bicyclic) bond motifs is 1. The molecule has 0 aliphatic rings. The molecule has 3 rings (SSSR count). The Balaban J connectivity index is 1.89. The Labute approximate surface area is 142 Å². The molecular formula is C19H23N3O2. The summed E-state index contributed by atoms with van der Waals surface area (Å²) in [4.78, 5) is 0. The summed E-state index contributed by atoms with van der Waals surface area (Å²) in [6, 6.07) is 18.2. The Bertz CT molecular complexity index is 757. The van der Waals surface area contributed by atoms with Gasteiger partial charge in [0.2, 0.25) is 0 Å². The van der Waals surface area contributed by atoms with Gasteiger partial charge in [0.25, 0.3) is 0 Å². The number of ether oxygens (including phenoxy) is 2. The highest BCUT2D eigenvalue weighted by molar-refractivity contribution is 5.73. The van der Waals surface area contributed by atoms with Gasteiger partial charge in [0.05, 0.1) is 11.6 Å². The smallest absolute Gasteiger partial charge is 0.155 e. The summed E-state index contributed by atoms with van der Waals surface area (Å²) in [5, 5.41) is 8.55. The quantitative estimate of drug-likeness (QED) is 0.625. The monoisotopic (exact) mass is 325 g/mol. The van der Waals surface area contributed by atoms with Crippen molar-refractivity contribution in [3.63, 3.8) is 0 Å². The highest BCUT2D eigenvalue weighted by atomic mass is 16.5. The third kappa shape index (κ3) is 3.63. The summed E-state index contributed by atoms with van der Waals surface area (Å²) in [5.41, 5.74) is 2.99. The average molecular weight is 325 g/mol. The van der Waals surface area contributed by atoms with E-state index < -0.39 is 0 Å². The van der Waals surface area contributed by atoms with Gasteiger partial charge in [-0.15, -0.1) is 5.10 Å². The summed E-state index contributed by atoms with van der Waals surface area (Å²) in [7, 11) is 0. The highest BCUT2D eigenvalue weighted by Crippen LogP contribution is 2.29. The van der Waals surface area contributed by atoms with Crippen molar-refractivity contribution < 1.29 is 9.47 Å². The van der Waals surface area contributed by atoms with E-state index in [4.69, 9.17) is 9.47 Å². The Morgan fingerprint density at radius 3 is 2.38 bits per heavy atom. The Morgan fingerprint density at radius 1 is 0.917 bits per heavy atom. The fraction of sp³-hybridized carbons (Fsp3) is 0.368. The van der Waals surface area contributed by atoms with Gasteiger partial charge in [-0.05, 0) is 31.5 Å². The van der Waals surface area contributed by atoms with E-state index in [2.05, 4.69) is 22.4 Å². The maximum Gasteiger partial charge on any atom is 0.155 e. The van der Waals surface area contributed by atoms with Crippen LogP contribution in [0.15, 0.2) is 54.6 Å². The molecule has 0 N–H and O–H groups in total. The predicted octanol–water partition coefficient (Wildman–Crippen LogP) is 4.13. The van der Waals surface area contributed by atoms with Crippen molar-refractivity contribution in [3.8, 4) is 0 Å². The number of hydrogen-bond donors (Lipinski definition) is 0. The molecule has 0 aliphatic heterocycles. The van der Waals surface area contributed by atoms with Gasteiger partial charge >= 0.3 is 0 Å². The van der Waals surface area contributed by atoms with E-state index in [9.17, 15) is 0 Å². The van der Waals surface area contributed by atoms with E-state index >= 15 is 0 Å². The second-order valence-corrected chi connectivity index (χ2v) is 5.52. The summed E-state index contributed by atoms with van der Waals surface area (Å²) < 4.78 is 13.8. The molecule has 2 atom stereocenters. The van der Waals surface area contributed by atoms with E-state index in [0.717, 1.165) is 16.6 Å². The third-order valence-electron chi connectivity index (χ3n) is 3.96. The maximum atomic E-state index is 5.97. The van der Waals surface area contributed by atoms with Crippen LogP contribution >= 0.6 is 0 Å². The van der Waals surface area contributed by atoms with Crippen molar-refractivity contribution in [1.82, 2.24) is 15.0 Å². The second kappa shape index (κ2) is 8.04. The van der Waals surface area contributed by atoms with Crippen LogP contribution in [-0.2, 0) is 9.47 Å². The largest absolute Gasteiger partial charge is 0.374 e. The zero-order valence-corrected chi connectivity index (χ0v) is 14.1. The van der Waals surface area contributed by atoms with Gasteiger partial charge in [-0.1, -0.05) is 47.7 Å². The molecule has 5 heteroatoms. The van der Waals surface area contributed by atoms with Crippen molar-refractivity contribution in [2.24, 2.45) is 0 Å². The number of rotatable bonds is 8. The van der Waals surface area contributed by atoms with Crippen LogP contribution < -0.4 is 0 Å². The first-order valence-corrected chi connectivity index (χ1v) is 8.41. The molecule has 0 amide bonds. The molecule has 1 aromatic heterocycles. The lowest BCUT2D eigenvalue weighted by Crippen LogP contribution is -2.19. The van der Waals surface area contributed by atoms with E-state index in [1.165, 1.54) is 0 Å². The molecule has 24 heavy (non-hydrogen) atoms. The minimum absolute atomic E-state index is 0.0456. The lowest BCUT2D eigenvalue weighted by Gasteiger charge is -2.24. The number of para-hydroxylation sites is 1. The Morgan fingerprint density at radius 2 is 1.62 bits per heavy atom. The number of aromatic nitrogens is 3. The standard InChI is InChI=1S/C19H23N3O2/c1-3-23-18(15-10-6-5-7-11-15)14-19(24-4-2)22-17-13-9-8-12-16(17)20-21-22/h5-13,18-19H,3-4,14H2,1-2H3. The van der Waals surface area contributed by atoms with Crippen LogP contribution in [0.1, 0.15) is 38.2 Å². The Hall–Kier alpha value is -2.24. The van der Waals surface area contributed by atoms with Crippen molar-refractivity contribution >= 4 is 11.0 Å². The van der Waals surface area contributed by atoms with Gasteiger partial charge in [0.15, 0.2) is 6.23 Å². The molecule has 126 valence electrons. The average Bonchev–Trinajstić information content (AvgIpc) is 3.05. The molecule has 5 nitrogen and oxygen atoms in total. The molecule has 1 heterocycles. The molecule has 0 saturated carbocycles. The molecule has 2 aromatic carbocycles. The van der Waals surface area contributed by atoms with Crippen molar-refractivity contribution in [1.29, 1.82) is 0 Å². The van der Waals surface area contributed by atoms with Crippen LogP contribution in [0.2, 0.25) is 0 Å². The van der Waals surface area contributed by atoms with Crippen LogP contribution in [0.25, 0.3) is 11.0 Å². The summed E-state index contributed by atoms with van der Waals surface area (Å²) in [6.07, 6.45) is 0.411. The molecule has 0 spiro atoms. The predicted molar refractivity (Wildman–Crippen MR) is 93.6 cm³/mol. The van der Waals surface area contributed by atoms with Gasteiger partial charge in [0, 0.05) is 19.6 Å². The molecule has 0 saturated heterocycles. The highest BCUT2D eigenvalue weighted by Gasteiger charge is 2.22. The normalized spacial score (nSPS) is 13.9. The summed E-state index contributed by atoms with van der Waals surface area (Å²) in [5.74, 6) is 0. The van der Waals surface area contributed by atoms with Gasteiger partial charge in [0.1, 0.15) is 5.52 Å². The topological polar surface area (TPSA) is 49.2 Å². The number of benzene rings is 2. The summed E-state index contributed by atoms with van der Waals surface area (Å²) >= 11 is 0. The van der Waals surface area contributed by atoms with Crippen molar-refractivity contribution in [2.75, 3.05) is 13.2 Å². The van der Waals surface area contributed by atoms with Crippen molar-refractivity contribution in [3.05, 3.63) is 60.2 Å². The molecule has 0 bridgehead atoms. The minimum Gasteiger partial charge on any atom is -0.374 e. The first-order valence-electron chi connectivity index (χ1n) is 8.41. The maximum absolute atomic E-state index is 5.97. The van der Waals surface area contributed by atoms with Gasteiger partial charge in [-0.3, -0.25) is 0 Å². The number of nitrogens with zero attached hydrogens (tertiary/aromatic N) is 3. The molecule has 2 unspecified atom stereocenters. The molecule has 0 aliphatic carbocycles. The van der Waals surface area contributed by atoms with Crippen LogP contribution in [0, 0.1) is 0 Å². The lowest BCUT2D eigenvalue weighted by molar-refractivity contribution is -0.0499. The van der Waals surface area contributed by atoms with Crippen LogP contribution in [0.5, 0.6) is 0 Å². The summed E-state index contributed by atoms with van der Waals surface area (Å²) in [6.45, 7) is 5.25. The van der Waals surface area contributed by atoms with E-state index in [0.29, 0.717) is 19.6 Å². The van der Waals surface area contributed by atoms with Gasteiger partial charge in [-0.2, -0.15) is 0 Å². The minimum atomic E-state index is -0.223. The molecule has 3 aromatic rings. The van der Waals surface area contributed by atoms with E-state index in [1.54, 1.807) is 0 Å². The third-order valence-corrected chi connectivity index (χ3v) is 3.96. The Kier molecular flexibility index (Phi) is 5.56. The van der Waals surface area contributed by atoms with E-state index in [1.807, 2.05) is 61.0 Å². The van der Waals surface area contributed by atoms with Gasteiger partial charge in [-0.25, -0.2) is 4.68 Å². The first kappa shape index (κ1) is 16.6. The SMILES string of the molecule is CCOC(CC(OCC)n1nnc2ccccc21)c1ccccc1. The lowest BCUT2D eigenvalue weighted by atomic mass is 10.1. The zero-order valence-electron chi connectivity index (χ0n) is 14.1. The van der Waals surface area contributed by atoms with Crippen LogP contribution in [0.4, 0.5) is 0 Å². The van der Waals surface area contributed by atoms with E-state index in [-0.39, 0.29) is 12.3 Å². The molecule has 0 fully saturated rings. The fourth-order valence-corrected chi connectivity index (χ4v) is 2.88. The van der Waals surface area contributed by atoms with Crippen LogP contribution in [-0.4, -0.2) is 28.2 Å². The zero-order chi connectivity index (χ0) is 16.8. The molecular weight excluding hydrogens is 302 g/mol. The fourth-order valence-electron chi connectivity index (χ4n) is 2.88. The second-order valence-electron chi connectivity index (χ2n) is 5.52. The first-order chi connectivity index (χ1) is 11.8. The van der Waals surface area contributed by atoms with Gasteiger partial charge < -0.3 is 9.47 Å². The number of hydrogen-bond acceptors (Lipinski definition) is 4.